The van der Waals surface area contributed by atoms with Crippen LogP contribution in [0.15, 0.2) is 11.6 Å². The number of piperidine rings is 1. The Bertz CT molecular complexity index is 283. The highest BCUT2D eigenvalue weighted by molar-refractivity contribution is 5.00. The van der Waals surface area contributed by atoms with Crippen LogP contribution in [0.1, 0.15) is 66.2 Å². The van der Waals surface area contributed by atoms with Crippen molar-refractivity contribution in [3.05, 3.63) is 11.6 Å². The molecule has 0 bridgehead atoms. The second-order valence-corrected chi connectivity index (χ2v) is 6.71. The highest BCUT2D eigenvalue weighted by Crippen LogP contribution is 2.20. The van der Waals surface area contributed by atoms with E-state index >= 15 is 0 Å². The molecule has 1 fully saturated rings. The first-order chi connectivity index (χ1) is 8.94. The van der Waals surface area contributed by atoms with Crippen LogP contribution >= 0.6 is 0 Å². The zero-order valence-corrected chi connectivity index (χ0v) is 13.7. The van der Waals surface area contributed by atoms with Crippen molar-refractivity contribution in [1.29, 1.82) is 0 Å². The molecule has 19 heavy (non-hydrogen) atoms. The van der Waals surface area contributed by atoms with Gasteiger partial charge in [-0.25, -0.2) is 0 Å². The molecule has 0 amide bonds. The average molecular weight is 267 g/mol. The average Bonchev–Trinajstić information content (AvgIpc) is 2.37. The van der Waals surface area contributed by atoms with E-state index < -0.39 is 0 Å². The molecule has 0 aliphatic carbocycles. The number of allylic oxidation sites excluding steroid dienone is 1. The lowest BCUT2D eigenvalue weighted by Crippen LogP contribution is -2.37. The standard InChI is InChI=1S/C17H33NO/c1-15(9-8-12-17(3,4)19-5)11-14-18-13-7-6-10-16(18)2/h11,16H,6-10,12-14H2,1-5H3/b15-11+. The molecule has 0 N–H and O–H groups in total. The van der Waals surface area contributed by atoms with E-state index in [-0.39, 0.29) is 5.60 Å². The minimum absolute atomic E-state index is 0.0294. The molecule has 112 valence electrons. The molecule has 1 heterocycles. The Morgan fingerprint density at radius 1 is 1.37 bits per heavy atom. The molecule has 0 aromatic rings. The Kier molecular flexibility index (Phi) is 7.09. The van der Waals surface area contributed by atoms with E-state index in [1.165, 1.54) is 44.2 Å². The van der Waals surface area contributed by atoms with Crippen molar-refractivity contribution < 1.29 is 4.74 Å². The van der Waals surface area contributed by atoms with E-state index in [1.54, 1.807) is 7.11 Å². The van der Waals surface area contributed by atoms with E-state index in [0.29, 0.717) is 0 Å². The van der Waals surface area contributed by atoms with Gasteiger partial charge in [0.1, 0.15) is 0 Å². The van der Waals surface area contributed by atoms with Gasteiger partial charge in [-0.3, -0.25) is 4.90 Å². The molecule has 0 aromatic carbocycles. The molecule has 1 atom stereocenters. The second kappa shape index (κ2) is 8.06. The lowest BCUT2D eigenvalue weighted by atomic mass is 9.99. The Morgan fingerprint density at radius 3 is 2.74 bits per heavy atom. The van der Waals surface area contributed by atoms with Crippen molar-refractivity contribution in [2.75, 3.05) is 20.2 Å². The maximum absolute atomic E-state index is 5.46. The Morgan fingerprint density at radius 2 is 2.11 bits per heavy atom. The molecule has 0 radical (unpaired) electrons. The van der Waals surface area contributed by atoms with E-state index in [1.807, 2.05) is 0 Å². The minimum atomic E-state index is 0.0294. The lowest BCUT2D eigenvalue weighted by molar-refractivity contribution is 0.0140. The number of methoxy groups -OCH3 is 1. The molecular formula is C17H33NO. The van der Waals surface area contributed by atoms with Crippen molar-refractivity contribution in [2.45, 2.75) is 77.9 Å². The summed E-state index contributed by atoms with van der Waals surface area (Å²) < 4.78 is 5.46. The van der Waals surface area contributed by atoms with Crippen molar-refractivity contribution in [1.82, 2.24) is 4.90 Å². The zero-order chi connectivity index (χ0) is 14.3. The van der Waals surface area contributed by atoms with Crippen LogP contribution in [0.5, 0.6) is 0 Å². The first kappa shape index (κ1) is 16.7. The smallest absolute Gasteiger partial charge is 0.0622 e. The van der Waals surface area contributed by atoms with Crippen LogP contribution in [0.3, 0.4) is 0 Å². The summed E-state index contributed by atoms with van der Waals surface area (Å²) in [4.78, 5) is 2.62. The van der Waals surface area contributed by atoms with Gasteiger partial charge in [0.2, 0.25) is 0 Å². The van der Waals surface area contributed by atoms with E-state index in [4.69, 9.17) is 4.74 Å². The number of nitrogens with zero attached hydrogens (tertiary/aromatic N) is 1. The van der Waals surface area contributed by atoms with Gasteiger partial charge in [0.05, 0.1) is 5.60 Å². The molecule has 1 rings (SSSR count). The van der Waals surface area contributed by atoms with Crippen molar-refractivity contribution in [2.24, 2.45) is 0 Å². The number of ether oxygens (including phenoxy) is 1. The number of hydrogen-bond donors (Lipinski definition) is 0. The van der Waals surface area contributed by atoms with Gasteiger partial charge in [-0.05, 0) is 66.3 Å². The van der Waals surface area contributed by atoms with Gasteiger partial charge in [0, 0.05) is 19.7 Å². The fraction of sp³-hybridized carbons (Fsp3) is 0.882. The van der Waals surface area contributed by atoms with Gasteiger partial charge >= 0.3 is 0 Å². The minimum Gasteiger partial charge on any atom is -0.379 e. The molecule has 0 spiro atoms. The second-order valence-electron chi connectivity index (χ2n) is 6.71. The predicted octanol–water partition coefficient (Wildman–Crippen LogP) is 4.40. The lowest BCUT2D eigenvalue weighted by Gasteiger charge is -2.32. The van der Waals surface area contributed by atoms with Crippen LogP contribution in [0.4, 0.5) is 0 Å². The van der Waals surface area contributed by atoms with Gasteiger partial charge in [0.15, 0.2) is 0 Å². The van der Waals surface area contributed by atoms with E-state index in [2.05, 4.69) is 38.7 Å². The van der Waals surface area contributed by atoms with Crippen molar-refractivity contribution in [3.8, 4) is 0 Å². The molecule has 1 aliphatic heterocycles. The summed E-state index contributed by atoms with van der Waals surface area (Å²) in [7, 11) is 1.81. The number of rotatable bonds is 7. The third-order valence-corrected chi connectivity index (χ3v) is 4.52. The Labute approximate surface area is 120 Å². The Hall–Kier alpha value is -0.340. The van der Waals surface area contributed by atoms with Gasteiger partial charge < -0.3 is 4.74 Å². The van der Waals surface area contributed by atoms with Gasteiger partial charge in [-0.15, -0.1) is 0 Å². The largest absolute Gasteiger partial charge is 0.379 e. The van der Waals surface area contributed by atoms with Crippen molar-refractivity contribution >= 4 is 0 Å². The van der Waals surface area contributed by atoms with E-state index in [9.17, 15) is 0 Å². The third kappa shape index (κ3) is 6.58. The molecule has 1 aliphatic rings. The summed E-state index contributed by atoms with van der Waals surface area (Å²) >= 11 is 0. The summed E-state index contributed by atoms with van der Waals surface area (Å²) in [5.41, 5.74) is 1.56. The maximum atomic E-state index is 5.46. The molecule has 0 aromatic heterocycles. The fourth-order valence-electron chi connectivity index (χ4n) is 2.70. The zero-order valence-electron chi connectivity index (χ0n) is 13.7. The van der Waals surface area contributed by atoms with Crippen LogP contribution in [-0.4, -0.2) is 36.7 Å². The van der Waals surface area contributed by atoms with Crippen LogP contribution in [0.25, 0.3) is 0 Å². The molecule has 1 saturated heterocycles. The summed E-state index contributed by atoms with van der Waals surface area (Å²) in [5.74, 6) is 0. The monoisotopic (exact) mass is 267 g/mol. The first-order valence-corrected chi connectivity index (χ1v) is 7.89. The van der Waals surface area contributed by atoms with Crippen LogP contribution in [0.2, 0.25) is 0 Å². The molecule has 0 saturated carbocycles. The van der Waals surface area contributed by atoms with E-state index in [0.717, 1.165) is 19.0 Å². The van der Waals surface area contributed by atoms with Crippen LogP contribution in [0, 0.1) is 0 Å². The summed E-state index contributed by atoms with van der Waals surface area (Å²) in [6.45, 7) is 11.4. The highest BCUT2D eigenvalue weighted by Gasteiger charge is 2.17. The normalized spacial score (nSPS) is 22.8. The molecule has 2 nitrogen and oxygen atoms in total. The molecule has 1 unspecified atom stereocenters. The van der Waals surface area contributed by atoms with Crippen LogP contribution < -0.4 is 0 Å². The summed E-state index contributed by atoms with van der Waals surface area (Å²) in [5, 5.41) is 0. The van der Waals surface area contributed by atoms with Gasteiger partial charge in [-0.1, -0.05) is 18.1 Å². The number of hydrogen-bond acceptors (Lipinski definition) is 2. The highest BCUT2D eigenvalue weighted by atomic mass is 16.5. The van der Waals surface area contributed by atoms with Gasteiger partial charge in [-0.2, -0.15) is 0 Å². The summed E-state index contributed by atoms with van der Waals surface area (Å²) in [6, 6.07) is 0.769. The molecular weight excluding hydrogens is 234 g/mol. The predicted molar refractivity (Wildman–Crippen MR) is 83.6 cm³/mol. The Balaban J connectivity index is 2.25. The fourth-order valence-corrected chi connectivity index (χ4v) is 2.70. The van der Waals surface area contributed by atoms with Crippen LogP contribution in [-0.2, 0) is 4.74 Å². The SMILES string of the molecule is COC(C)(C)CCC/C(C)=C/CN1CCCCC1C. The third-order valence-electron chi connectivity index (χ3n) is 4.52. The quantitative estimate of drug-likeness (QED) is 0.634. The van der Waals surface area contributed by atoms with Gasteiger partial charge in [0.25, 0.3) is 0 Å². The molecule has 2 heteroatoms. The maximum Gasteiger partial charge on any atom is 0.0622 e. The van der Waals surface area contributed by atoms with Crippen molar-refractivity contribution in [3.63, 3.8) is 0 Å². The first-order valence-electron chi connectivity index (χ1n) is 7.89. The topological polar surface area (TPSA) is 12.5 Å². The number of likely N-dealkylation sites (tertiary alicyclic amines) is 1. The summed E-state index contributed by atoms with van der Waals surface area (Å²) in [6.07, 6.45) is 10.1.